The second-order valence-corrected chi connectivity index (χ2v) is 4.79. The summed E-state index contributed by atoms with van der Waals surface area (Å²) >= 11 is 0. The van der Waals surface area contributed by atoms with Crippen LogP contribution in [0.1, 0.15) is 19.3 Å². The molecule has 1 aliphatic rings. The number of amides is 1. The summed E-state index contributed by atoms with van der Waals surface area (Å²) in [6.07, 6.45) is 0.974. The van der Waals surface area contributed by atoms with E-state index in [2.05, 4.69) is 5.32 Å². The molecule has 0 spiro atoms. The highest BCUT2D eigenvalue weighted by Gasteiger charge is 2.33. The fraction of sp³-hybridized carbons (Fsp3) is 0.385. The maximum atomic E-state index is 13.0. The van der Waals surface area contributed by atoms with E-state index in [0.717, 1.165) is 0 Å². The van der Waals surface area contributed by atoms with Gasteiger partial charge in [-0.1, -0.05) is 0 Å². The zero-order chi connectivity index (χ0) is 14.9. The van der Waals surface area contributed by atoms with Crippen LogP contribution in [0.2, 0.25) is 0 Å². The van der Waals surface area contributed by atoms with Gasteiger partial charge in [-0.2, -0.15) is 0 Å². The van der Waals surface area contributed by atoms with Gasteiger partial charge in [0.2, 0.25) is 5.91 Å². The van der Waals surface area contributed by atoms with Crippen molar-refractivity contribution in [2.24, 2.45) is 11.8 Å². The van der Waals surface area contributed by atoms with E-state index >= 15 is 0 Å². The number of halogens is 3. The Kier molecular flexibility index (Phi) is 3.96. The SMILES string of the molecule is O=C(O)[C@H]1CC[C@@H](C(=O)Nc2cc(F)c(F)c(F)c2)C1. The Morgan fingerprint density at radius 3 is 2.15 bits per heavy atom. The summed E-state index contributed by atoms with van der Waals surface area (Å²) in [5.74, 6) is -6.96. The number of carboxylic acids is 1. The number of carboxylic acid groups (broad SMARTS) is 1. The molecule has 2 rings (SSSR count). The Morgan fingerprint density at radius 1 is 1.10 bits per heavy atom. The Bertz CT molecular complexity index is 539. The molecule has 0 bridgehead atoms. The lowest BCUT2D eigenvalue weighted by Crippen LogP contribution is -2.22. The summed E-state index contributed by atoms with van der Waals surface area (Å²) in [4.78, 5) is 22.6. The van der Waals surface area contributed by atoms with E-state index in [1.165, 1.54) is 0 Å². The minimum absolute atomic E-state index is 0.188. The number of nitrogens with one attached hydrogen (secondary N) is 1. The molecule has 0 unspecified atom stereocenters. The minimum atomic E-state index is -1.60. The van der Waals surface area contributed by atoms with Crippen molar-refractivity contribution in [2.75, 3.05) is 5.32 Å². The van der Waals surface area contributed by atoms with Gasteiger partial charge < -0.3 is 10.4 Å². The maximum absolute atomic E-state index is 13.0. The van der Waals surface area contributed by atoms with Gasteiger partial charge in [-0.05, 0) is 19.3 Å². The van der Waals surface area contributed by atoms with Crippen molar-refractivity contribution < 1.29 is 27.9 Å². The lowest BCUT2D eigenvalue weighted by Gasteiger charge is -2.11. The molecular weight excluding hydrogens is 275 g/mol. The van der Waals surface area contributed by atoms with E-state index < -0.39 is 41.2 Å². The van der Waals surface area contributed by atoms with E-state index in [1.807, 2.05) is 0 Å². The molecule has 2 atom stereocenters. The highest BCUT2D eigenvalue weighted by Crippen LogP contribution is 2.32. The van der Waals surface area contributed by atoms with Crippen LogP contribution < -0.4 is 5.32 Å². The normalized spacial score (nSPS) is 21.8. The molecule has 1 aromatic carbocycles. The van der Waals surface area contributed by atoms with Crippen molar-refractivity contribution in [3.8, 4) is 0 Å². The third kappa shape index (κ3) is 2.92. The number of hydrogen-bond donors (Lipinski definition) is 2. The fourth-order valence-corrected chi connectivity index (χ4v) is 2.32. The molecule has 1 fully saturated rings. The second kappa shape index (κ2) is 5.52. The van der Waals surface area contributed by atoms with Gasteiger partial charge >= 0.3 is 5.97 Å². The second-order valence-electron chi connectivity index (χ2n) is 4.79. The quantitative estimate of drug-likeness (QED) is 0.840. The van der Waals surface area contributed by atoms with Crippen LogP contribution in [0.3, 0.4) is 0 Å². The van der Waals surface area contributed by atoms with Crippen molar-refractivity contribution >= 4 is 17.6 Å². The molecule has 0 saturated heterocycles. The van der Waals surface area contributed by atoms with Crippen LogP contribution in [0.15, 0.2) is 12.1 Å². The molecule has 4 nitrogen and oxygen atoms in total. The lowest BCUT2D eigenvalue weighted by molar-refractivity contribution is -0.141. The molecule has 1 amide bonds. The summed E-state index contributed by atoms with van der Waals surface area (Å²) in [5, 5.41) is 11.1. The number of benzene rings is 1. The molecule has 20 heavy (non-hydrogen) atoms. The summed E-state index contributed by atoms with van der Waals surface area (Å²) in [5.41, 5.74) is -0.190. The van der Waals surface area contributed by atoms with Gasteiger partial charge in [-0.3, -0.25) is 9.59 Å². The lowest BCUT2D eigenvalue weighted by atomic mass is 10.0. The summed E-state index contributed by atoms with van der Waals surface area (Å²) in [6, 6.07) is 1.36. The van der Waals surface area contributed by atoms with Gasteiger partial charge in [0.25, 0.3) is 0 Å². The molecule has 7 heteroatoms. The molecule has 2 N–H and O–H groups in total. The van der Waals surface area contributed by atoms with E-state index in [-0.39, 0.29) is 12.1 Å². The average molecular weight is 287 g/mol. The summed E-state index contributed by atoms with van der Waals surface area (Å²) < 4.78 is 38.7. The van der Waals surface area contributed by atoms with Crippen molar-refractivity contribution in [3.05, 3.63) is 29.6 Å². The van der Waals surface area contributed by atoms with Gasteiger partial charge in [0, 0.05) is 23.7 Å². The molecule has 1 saturated carbocycles. The summed E-state index contributed by atoms with van der Waals surface area (Å²) in [6.45, 7) is 0. The number of anilines is 1. The van der Waals surface area contributed by atoms with E-state index in [1.54, 1.807) is 0 Å². The summed E-state index contributed by atoms with van der Waals surface area (Å²) in [7, 11) is 0. The molecule has 0 aromatic heterocycles. The number of carbonyl (C=O) groups is 2. The zero-order valence-corrected chi connectivity index (χ0v) is 10.3. The van der Waals surface area contributed by atoms with Crippen LogP contribution in [-0.4, -0.2) is 17.0 Å². The van der Waals surface area contributed by atoms with Gasteiger partial charge in [-0.25, -0.2) is 13.2 Å². The first kappa shape index (κ1) is 14.4. The number of hydrogen-bond acceptors (Lipinski definition) is 2. The van der Waals surface area contributed by atoms with Crippen LogP contribution >= 0.6 is 0 Å². The van der Waals surface area contributed by atoms with Gasteiger partial charge in [0.1, 0.15) is 0 Å². The third-order valence-corrected chi connectivity index (χ3v) is 3.40. The highest BCUT2D eigenvalue weighted by molar-refractivity contribution is 5.93. The molecule has 1 aromatic rings. The Morgan fingerprint density at radius 2 is 1.65 bits per heavy atom. The first-order valence-electron chi connectivity index (χ1n) is 6.06. The molecule has 108 valence electrons. The topological polar surface area (TPSA) is 66.4 Å². The van der Waals surface area contributed by atoms with Crippen LogP contribution in [0, 0.1) is 29.3 Å². The smallest absolute Gasteiger partial charge is 0.306 e. The molecular formula is C13H12F3NO3. The van der Waals surface area contributed by atoms with Crippen molar-refractivity contribution in [1.82, 2.24) is 0 Å². The average Bonchev–Trinajstić information content (AvgIpc) is 2.85. The Hall–Kier alpha value is -2.05. The minimum Gasteiger partial charge on any atom is -0.481 e. The van der Waals surface area contributed by atoms with Crippen LogP contribution in [0.4, 0.5) is 18.9 Å². The number of rotatable bonds is 3. The number of carbonyl (C=O) groups excluding carboxylic acids is 1. The predicted molar refractivity (Wildman–Crippen MR) is 63.4 cm³/mol. The Balaban J connectivity index is 2.04. The number of aliphatic carboxylic acids is 1. The standard InChI is InChI=1S/C13H12F3NO3/c14-9-4-8(5-10(15)11(9)16)17-12(18)6-1-2-7(3-6)13(19)20/h4-7H,1-3H2,(H,17,18)(H,19,20)/t6-,7+/m1/s1. The molecule has 1 aliphatic carbocycles. The van der Waals surface area contributed by atoms with Gasteiger partial charge in [-0.15, -0.1) is 0 Å². The van der Waals surface area contributed by atoms with Crippen LogP contribution in [0.25, 0.3) is 0 Å². The Labute approximate surface area is 112 Å². The first-order chi connectivity index (χ1) is 9.38. The van der Waals surface area contributed by atoms with Gasteiger partial charge in [0.05, 0.1) is 5.92 Å². The zero-order valence-electron chi connectivity index (χ0n) is 10.3. The van der Waals surface area contributed by atoms with E-state index in [0.29, 0.717) is 25.0 Å². The van der Waals surface area contributed by atoms with Crippen LogP contribution in [0.5, 0.6) is 0 Å². The van der Waals surface area contributed by atoms with Crippen molar-refractivity contribution in [1.29, 1.82) is 0 Å². The van der Waals surface area contributed by atoms with E-state index in [9.17, 15) is 22.8 Å². The van der Waals surface area contributed by atoms with Crippen molar-refractivity contribution in [3.63, 3.8) is 0 Å². The molecule has 0 heterocycles. The maximum Gasteiger partial charge on any atom is 0.306 e. The molecule has 0 aliphatic heterocycles. The largest absolute Gasteiger partial charge is 0.481 e. The molecule has 0 radical (unpaired) electrons. The highest BCUT2D eigenvalue weighted by atomic mass is 19.2. The van der Waals surface area contributed by atoms with E-state index in [4.69, 9.17) is 5.11 Å². The van der Waals surface area contributed by atoms with Crippen LogP contribution in [-0.2, 0) is 9.59 Å². The monoisotopic (exact) mass is 287 g/mol. The van der Waals surface area contributed by atoms with Crippen molar-refractivity contribution in [2.45, 2.75) is 19.3 Å². The predicted octanol–water partition coefficient (Wildman–Crippen LogP) is 2.54. The third-order valence-electron chi connectivity index (χ3n) is 3.40. The van der Waals surface area contributed by atoms with Gasteiger partial charge in [0.15, 0.2) is 17.5 Å². The first-order valence-corrected chi connectivity index (χ1v) is 6.06. The fourth-order valence-electron chi connectivity index (χ4n) is 2.32.